The van der Waals surface area contributed by atoms with Crippen LogP contribution in [0.15, 0.2) is 42.7 Å². The molecule has 0 aliphatic carbocycles. The van der Waals surface area contributed by atoms with Crippen molar-refractivity contribution in [3.05, 3.63) is 52.9 Å². The Bertz CT molecular complexity index is 963. The Morgan fingerprint density at radius 3 is 2.81 bits per heavy atom. The van der Waals surface area contributed by atoms with Gasteiger partial charge in [-0.3, -0.25) is 5.32 Å². The SMILES string of the molecule is Nc1ccc(-c2ccc(Cl)s2)nc1NC(=O)N1CCC(c2ncccn2)C1. The van der Waals surface area contributed by atoms with Gasteiger partial charge >= 0.3 is 6.03 Å². The van der Waals surface area contributed by atoms with Gasteiger partial charge in [-0.2, -0.15) is 0 Å². The number of nitrogens with two attached hydrogens (primary N) is 1. The van der Waals surface area contributed by atoms with Gasteiger partial charge in [0.1, 0.15) is 5.82 Å². The predicted molar refractivity (Wildman–Crippen MR) is 107 cm³/mol. The summed E-state index contributed by atoms with van der Waals surface area (Å²) < 4.78 is 0.681. The number of pyridine rings is 1. The minimum absolute atomic E-state index is 0.141. The molecule has 1 aliphatic heterocycles. The molecule has 4 heterocycles. The first-order chi connectivity index (χ1) is 13.1. The van der Waals surface area contributed by atoms with E-state index in [9.17, 15) is 4.79 Å². The molecule has 1 unspecified atom stereocenters. The van der Waals surface area contributed by atoms with Gasteiger partial charge in [0.15, 0.2) is 5.82 Å². The zero-order chi connectivity index (χ0) is 18.8. The largest absolute Gasteiger partial charge is 0.396 e. The number of carbonyl (C=O) groups excluding carboxylic acids is 1. The van der Waals surface area contributed by atoms with Crippen LogP contribution < -0.4 is 11.1 Å². The van der Waals surface area contributed by atoms with Crippen LogP contribution in [0, 0.1) is 0 Å². The highest BCUT2D eigenvalue weighted by atomic mass is 35.5. The molecule has 9 heteroatoms. The number of carbonyl (C=O) groups is 1. The minimum Gasteiger partial charge on any atom is -0.396 e. The summed E-state index contributed by atoms with van der Waals surface area (Å²) in [6, 6.07) is 8.80. The fourth-order valence-corrected chi connectivity index (χ4v) is 4.03. The number of thiophene rings is 1. The van der Waals surface area contributed by atoms with Crippen LogP contribution >= 0.6 is 22.9 Å². The maximum Gasteiger partial charge on any atom is 0.323 e. The Balaban J connectivity index is 1.47. The third-order valence-corrected chi connectivity index (χ3v) is 5.66. The number of nitrogens with one attached hydrogen (secondary N) is 1. The lowest BCUT2D eigenvalue weighted by Crippen LogP contribution is -2.33. The second-order valence-electron chi connectivity index (χ2n) is 6.21. The lowest BCUT2D eigenvalue weighted by atomic mass is 10.1. The smallest absolute Gasteiger partial charge is 0.323 e. The van der Waals surface area contributed by atoms with Crippen molar-refractivity contribution in [2.45, 2.75) is 12.3 Å². The van der Waals surface area contributed by atoms with Crippen LogP contribution in [0.1, 0.15) is 18.2 Å². The van der Waals surface area contributed by atoms with Gasteiger partial charge in [-0.25, -0.2) is 19.7 Å². The maximum absolute atomic E-state index is 12.7. The van der Waals surface area contributed by atoms with E-state index in [1.807, 2.05) is 18.2 Å². The average Bonchev–Trinajstić information content (AvgIpc) is 3.34. The van der Waals surface area contributed by atoms with E-state index in [2.05, 4.69) is 20.3 Å². The van der Waals surface area contributed by atoms with Crippen molar-refractivity contribution in [2.75, 3.05) is 24.1 Å². The van der Waals surface area contributed by atoms with Gasteiger partial charge in [0, 0.05) is 31.4 Å². The van der Waals surface area contributed by atoms with Crippen molar-refractivity contribution < 1.29 is 4.79 Å². The van der Waals surface area contributed by atoms with Gasteiger partial charge in [0.2, 0.25) is 0 Å². The predicted octanol–water partition coefficient (Wildman–Crippen LogP) is 3.86. The van der Waals surface area contributed by atoms with Gasteiger partial charge in [-0.1, -0.05) is 11.6 Å². The maximum atomic E-state index is 12.7. The van der Waals surface area contributed by atoms with Crippen molar-refractivity contribution >= 4 is 40.5 Å². The minimum atomic E-state index is -0.228. The highest BCUT2D eigenvalue weighted by Gasteiger charge is 2.29. The number of hydrogen-bond acceptors (Lipinski definition) is 6. The van der Waals surface area contributed by atoms with Crippen molar-refractivity contribution in [2.24, 2.45) is 0 Å². The molecule has 3 N–H and O–H groups in total. The molecular weight excluding hydrogens is 384 g/mol. The van der Waals surface area contributed by atoms with E-state index >= 15 is 0 Å². The number of urea groups is 1. The Morgan fingerprint density at radius 2 is 2.07 bits per heavy atom. The van der Waals surface area contributed by atoms with E-state index in [0.717, 1.165) is 17.1 Å². The first kappa shape index (κ1) is 17.7. The molecule has 0 radical (unpaired) electrons. The summed E-state index contributed by atoms with van der Waals surface area (Å²) in [5, 5.41) is 2.82. The molecule has 1 saturated heterocycles. The zero-order valence-corrected chi connectivity index (χ0v) is 15.9. The van der Waals surface area contributed by atoms with Crippen LogP contribution in [0.4, 0.5) is 16.3 Å². The first-order valence-electron chi connectivity index (χ1n) is 8.45. The summed E-state index contributed by atoms with van der Waals surface area (Å²) in [6.07, 6.45) is 4.27. The molecule has 1 atom stereocenters. The normalized spacial score (nSPS) is 16.5. The summed E-state index contributed by atoms with van der Waals surface area (Å²) in [4.78, 5) is 28.4. The van der Waals surface area contributed by atoms with Gasteiger partial charge in [0.25, 0.3) is 0 Å². The highest BCUT2D eigenvalue weighted by Crippen LogP contribution is 2.32. The summed E-state index contributed by atoms with van der Waals surface area (Å²) in [6.45, 7) is 1.20. The van der Waals surface area contributed by atoms with E-state index in [0.29, 0.717) is 34.6 Å². The standard InChI is InChI=1S/C18H17ClN6OS/c19-15-5-4-14(27-15)13-3-2-12(20)17(23-13)24-18(26)25-9-6-11(10-25)16-21-7-1-8-22-16/h1-5,7-8,11H,6,9-10,20H2,(H,23,24,26). The quantitative estimate of drug-likeness (QED) is 0.695. The second-order valence-corrected chi connectivity index (χ2v) is 7.92. The molecule has 2 amide bonds. The molecule has 27 heavy (non-hydrogen) atoms. The molecule has 3 aromatic rings. The molecule has 7 nitrogen and oxygen atoms in total. The number of hydrogen-bond donors (Lipinski definition) is 2. The topological polar surface area (TPSA) is 97.0 Å². The van der Waals surface area contributed by atoms with Crippen molar-refractivity contribution in [1.82, 2.24) is 19.9 Å². The van der Waals surface area contributed by atoms with Crippen LogP contribution in [0.25, 0.3) is 10.6 Å². The lowest BCUT2D eigenvalue weighted by molar-refractivity contribution is 0.222. The van der Waals surface area contributed by atoms with Crippen LogP contribution in [-0.4, -0.2) is 39.0 Å². The molecule has 0 bridgehead atoms. The number of nitrogens with zero attached hydrogens (tertiary/aromatic N) is 4. The van der Waals surface area contributed by atoms with Crippen LogP contribution in [0.3, 0.4) is 0 Å². The summed E-state index contributed by atoms with van der Waals surface area (Å²) in [5.74, 6) is 1.25. The highest BCUT2D eigenvalue weighted by molar-refractivity contribution is 7.19. The third-order valence-electron chi connectivity index (χ3n) is 4.40. The Labute approximate surface area is 165 Å². The van der Waals surface area contributed by atoms with Gasteiger partial charge in [-0.15, -0.1) is 11.3 Å². The molecule has 138 valence electrons. The number of likely N-dealkylation sites (tertiary alicyclic amines) is 1. The third kappa shape index (κ3) is 3.86. The molecule has 0 saturated carbocycles. The Hall–Kier alpha value is -2.71. The Kier molecular flexibility index (Phi) is 4.91. The molecule has 1 fully saturated rings. The fourth-order valence-electron chi connectivity index (χ4n) is 3.02. The van der Waals surface area contributed by atoms with Crippen molar-refractivity contribution in [3.63, 3.8) is 0 Å². The number of nitrogen functional groups attached to an aromatic ring is 1. The Morgan fingerprint density at radius 1 is 1.26 bits per heavy atom. The number of rotatable bonds is 3. The number of halogens is 1. The molecule has 3 aromatic heterocycles. The van der Waals surface area contributed by atoms with Gasteiger partial charge in [0.05, 0.1) is 20.6 Å². The van der Waals surface area contributed by atoms with E-state index in [1.165, 1.54) is 11.3 Å². The van der Waals surface area contributed by atoms with E-state index < -0.39 is 0 Å². The molecule has 0 aromatic carbocycles. The zero-order valence-electron chi connectivity index (χ0n) is 14.3. The van der Waals surface area contributed by atoms with Crippen molar-refractivity contribution in [3.8, 4) is 10.6 Å². The van der Waals surface area contributed by atoms with Crippen LogP contribution in [0.2, 0.25) is 4.34 Å². The van der Waals surface area contributed by atoms with Crippen molar-refractivity contribution in [1.29, 1.82) is 0 Å². The average molecular weight is 401 g/mol. The second kappa shape index (κ2) is 7.50. The molecule has 0 spiro atoms. The van der Waals surface area contributed by atoms with Crippen LogP contribution in [0.5, 0.6) is 0 Å². The monoisotopic (exact) mass is 400 g/mol. The van der Waals surface area contributed by atoms with E-state index in [1.54, 1.807) is 29.4 Å². The van der Waals surface area contributed by atoms with Gasteiger partial charge < -0.3 is 10.6 Å². The van der Waals surface area contributed by atoms with E-state index in [-0.39, 0.29) is 11.9 Å². The number of aromatic nitrogens is 3. The first-order valence-corrected chi connectivity index (χ1v) is 9.64. The molecular formula is C18H17ClN6OS. The fraction of sp³-hybridized carbons (Fsp3) is 0.222. The summed E-state index contributed by atoms with van der Waals surface area (Å²) in [7, 11) is 0. The summed E-state index contributed by atoms with van der Waals surface area (Å²) in [5.41, 5.74) is 7.13. The number of anilines is 2. The summed E-state index contributed by atoms with van der Waals surface area (Å²) >= 11 is 7.42. The molecule has 1 aliphatic rings. The lowest BCUT2D eigenvalue weighted by Gasteiger charge is -2.17. The van der Waals surface area contributed by atoms with E-state index in [4.69, 9.17) is 17.3 Å². The molecule has 4 rings (SSSR count). The van der Waals surface area contributed by atoms with Gasteiger partial charge in [-0.05, 0) is 36.8 Å². The van der Waals surface area contributed by atoms with Crippen LogP contribution in [-0.2, 0) is 0 Å². The number of amides is 2.